The Morgan fingerprint density at radius 3 is 2.33 bits per heavy atom. The van der Waals surface area contributed by atoms with Crippen molar-refractivity contribution in [2.24, 2.45) is 0 Å². The van der Waals surface area contributed by atoms with Gasteiger partial charge in [0.25, 0.3) is 0 Å². The average Bonchev–Trinajstić information content (AvgIpc) is 2.71. The van der Waals surface area contributed by atoms with E-state index in [0.29, 0.717) is 5.75 Å². The summed E-state index contributed by atoms with van der Waals surface area (Å²) in [7, 11) is -1.44. The van der Waals surface area contributed by atoms with Crippen LogP contribution in [0.15, 0.2) is 24.3 Å². The zero-order chi connectivity index (χ0) is 10.9. The molecule has 0 aliphatic heterocycles. The highest BCUT2D eigenvalue weighted by molar-refractivity contribution is 6.91. The van der Waals surface area contributed by atoms with E-state index in [1.165, 1.54) is 30.9 Å². The maximum absolute atomic E-state index is 9.94. The minimum absolute atomic E-state index is 0.515. The maximum atomic E-state index is 9.94. The van der Waals surface area contributed by atoms with E-state index in [9.17, 15) is 5.11 Å². The van der Waals surface area contributed by atoms with Crippen LogP contribution in [0, 0.1) is 0 Å². The van der Waals surface area contributed by atoms with E-state index in [4.69, 9.17) is 0 Å². The number of hydrogen-bond donors (Lipinski definition) is 1. The lowest BCUT2D eigenvalue weighted by Gasteiger charge is -2.30. The van der Waals surface area contributed by atoms with Crippen LogP contribution in [0.3, 0.4) is 0 Å². The molecule has 1 aliphatic carbocycles. The zero-order valence-corrected chi connectivity index (χ0v) is 10.7. The summed E-state index contributed by atoms with van der Waals surface area (Å²) in [5, 5.41) is 11.2. The van der Waals surface area contributed by atoms with Crippen molar-refractivity contribution in [3.63, 3.8) is 0 Å². The number of hydrogen-bond acceptors (Lipinski definition) is 1. The molecule has 0 radical (unpaired) electrons. The van der Waals surface area contributed by atoms with Crippen LogP contribution in [0.25, 0.3) is 0 Å². The second-order valence-electron chi connectivity index (χ2n) is 5.22. The van der Waals surface area contributed by atoms with Gasteiger partial charge in [-0.15, -0.1) is 0 Å². The summed E-state index contributed by atoms with van der Waals surface area (Å²) in [6.45, 7) is 4.80. The van der Waals surface area contributed by atoms with Gasteiger partial charge in [-0.2, -0.15) is 0 Å². The van der Waals surface area contributed by atoms with Gasteiger partial charge in [-0.3, -0.25) is 0 Å². The Kier molecular flexibility index (Phi) is 2.87. The Labute approximate surface area is 93.2 Å². The van der Waals surface area contributed by atoms with Crippen LogP contribution in [-0.2, 0) is 0 Å². The molecule has 0 bridgehead atoms. The fourth-order valence-corrected chi connectivity index (χ4v) is 6.45. The molecule has 0 atom stereocenters. The van der Waals surface area contributed by atoms with Gasteiger partial charge in [-0.25, -0.2) is 0 Å². The molecule has 1 fully saturated rings. The summed E-state index contributed by atoms with van der Waals surface area (Å²) in [6.07, 6.45) is 5.50. The third-order valence-corrected chi connectivity index (χ3v) is 8.40. The third-order valence-electron chi connectivity index (χ3n) is 3.97. The molecule has 15 heavy (non-hydrogen) atoms. The van der Waals surface area contributed by atoms with Gasteiger partial charge in [0.15, 0.2) is 0 Å². The molecule has 1 N–H and O–H groups in total. The fraction of sp³-hybridized carbons (Fsp3) is 0.538. The predicted octanol–water partition coefficient (Wildman–Crippen LogP) is 3.25. The van der Waals surface area contributed by atoms with Gasteiger partial charge in [-0.1, -0.05) is 57.0 Å². The van der Waals surface area contributed by atoms with Gasteiger partial charge < -0.3 is 5.11 Å². The number of rotatable bonds is 2. The minimum atomic E-state index is -1.44. The van der Waals surface area contributed by atoms with Crippen LogP contribution in [0.4, 0.5) is 0 Å². The van der Waals surface area contributed by atoms with Gasteiger partial charge in [0.05, 0.1) is 8.07 Å². The molecule has 0 spiro atoms. The lowest BCUT2D eigenvalue weighted by molar-refractivity contribution is 0.479. The summed E-state index contributed by atoms with van der Waals surface area (Å²) < 4.78 is 0. The number of benzene rings is 1. The van der Waals surface area contributed by atoms with Crippen molar-refractivity contribution in [1.82, 2.24) is 0 Å². The summed E-state index contributed by atoms with van der Waals surface area (Å²) in [5.74, 6) is 0.515. The number of phenolic OH excluding ortho intramolecular Hbond substituents is 1. The second kappa shape index (κ2) is 4.01. The molecule has 1 aromatic rings. The highest BCUT2D eigenvalue weighted by atomic mass is 28.3. The SMILES string of the molecule is C[Si](C)(c1ccccc1O)C1CCCC1. The van der Waals surface area contributed by atoms with Gasteiger partial charge in [0.1, 0.15) is 5.75 Å². The van der Waals surface area contributed by atoms with Crippen LogP contribution >= 0.6 is 0 Å². The van der Waals surface area contributed by atoms with Crippen molar-refractivity contribution in [2.45, 2.75) is 44.3 Å². The fourth-order valence-electron chi connectivity index (χ4n) is 2.89. The van der Waals surface area contributed by atoms with Crippen LogP contribution < -0.4 is 5.19 Å². The molecule has 82 valence electrons. The monoisotopic (exact) mass is 220 g/mol. The van der Waals surface area contributed by atoms with E-state index in [2.05, 4.69) is 25.2 Å². The van der Waals surface area contributed by atoms with Crippen molar-refractivity contribution < 1.29 is 5.11 Å². The van der Waals surface area contributed by atoms with Gasteiger partial charge in [-0.05, 0) is 16.8 Å². The van der Waals surface area contributed by atoms with Crippen molar-refractivity contribution in [2.75, 3.05) is 0 Å². The van der Waals surface area contributed by atoms with Gasteiger partial charge >= 0.3 is 0 Å². The first-order valence-corrected chi connectivity index (χ1v) is 8.98. The van der Waals surface area contributed by atoms with E-state index >= 15 is 0 Å². The molecule has 1 nitrogen and oxygen atoms in total. The molecule has 0 unspecified atom stereocenters. The van der Waals surface area contributed by atoms with Crippen molar-refractivity contribution in [3.8, 4) is 5.75 Å². The number of phenols is 1. The third kappa shape index (κ3) is 1.96. The quantitative estimate of drug-likeness (QED) is 0.759. The summed E-state index contributed by atoms with van der Waals surface area (Å²) in [4.78, 5) is 0. The molecule has 1 aliphatic rings. The summed E-state index contributed by atoms with van der Waals surface area (Å²) in [6, 6.07) is 7.93. The molecule has 1 aromatic carbocycles. The Balaban J connectivity index is 2.31. The Morgan fingerprint density at radius 2 is 1.73 bits per heavy atom. The molecule has 0 aromatic heterocycles. The molecule has 2 heteroatoms. The smallest absolute Gasteiger partial charge is 0.114 e. The molecular weight excluding hydrogens is 200 g/mol. The van der Waals surface area contributed by atoms with Crippen molar-refractivity contribution >= 4 is 13.3 Å². The van der Waals surface area contributed by atoms with E-state index in [1.54, 1.807) is 0 Å². The van der Waals surface area contributed by atoms with Crippen molar-refractivity contribution in [3.05, 3.63) is 24.3 Å². The van der Waals surface area contributed by atoms with Crippen LogP contribution in [0.1, 0.15) is 25.7 Å². The van der Waals surface area contributed by atoms with E-state index in [1.807, 2.05) is 12.1 Å². The first kappa shape index (κ1) is 10.7. The first-order valence-electron chi connectivity index (χ1n) is 5.91. The Bertz CT molecular complexity index is 340. The topological polar surface area (TPSA) is 20.2 Å². The van der Waals surface area contributed by atoms with Crippen LogP contribution in [0.5, 0.6) is 5.75 Å². The molecule has 1 saturated carbocycles. The highest BCUT2D eigenvalue weighted by Gasteiger charge is 2.36. The van der Waals surface area contributed by atoms with Gasteiger partial charge in [0.2, 0.25) is 0 Å². The molecular formula is C13H20OSi. The van der Waals surface area contributed by atoms with E-state index in [-0.39, 0.29) is 0 Å². The second-order valence-corrected chi connectivity index (χ2v) is 10.0. The zero-order valence-electron chi connectivity index (χ0n) is 9.66. The van der Waals surface area contributed by atoms with Gasteiger partial charge in [0, 0.05) is 0 Å². The summed E-state index contributed by atoms with van der Waals surface area (Å²) >= 11 is 0. The predicted molar refractivity (Wildman–Crippen MR) is 67.4 cm³/mol. The molecule has 0 saturated heterocycles. The molecule has 0 amide bonds. The Hall–Kier alpha value is -0.763. The standard InChI is InChI=1S/C13H20OSi/c1-15(2,11-7-3-4-8-11)13-10-6-5-9-12(13)14/h5-6,9-11,14H,3-4,7-8H2,1-2H3. The van der Waals surface area contributed by atoms with E-state index in [0.717, 1.165) is 5.54 Å². The highest BCUT2D eigenvalue weighted by Crippen LogP contribution is 2.39. The first-order chi connectivity index (χ1) is 7.12. The lowest BCUT2D eigenvalue weighted by atomic mass is 10.3. The van der Waals surface area contributed by atoms with Crippen molar-refractivity contribution in [1.29, 1.82) is 0 Å². The van der Waals surface area contributed by atoms with Crippen LogP contribution in [-0.4, -0.2) is 13.2 Å². The minimum Gasteiger partial charge on any atom is -0.508 e. The molecule has 0 heterocycles. The lowest BCUT2D eigenvalue weighted by Crippen LogP contribution is -2.45. The molecule has 2 rings (SSSR count). The average molecular weight is 220 g/mol. The largest absolute Gasteiger partial charge is 0.508 e. The number of aromatic hydroxyl groups is 1. The number of para-hydroxylation sites is 1. The van der Waals surface area contributed by atoms with E-state index < -0.39 is 8.07 Å². The normalized spacial score (nSPS) is 18.3. The maximum Gasteiger partial charge on any atom is 0.114 e. The Morgan fingerprint density at radius 1 is 1.13 bits per heavy atom. The summed E-state index contributed by atoms with van der Waals surface area (Å²) in [5.41, 5.74) is 0.866. The van der Waals surface area contributed by atoms with Crippen LogP contribution in [0.2, 0.25) is 18.6 Å².